The van der Waals surface area contributed by atoms with Crippen LogP contribution in [0.3, 0.4) is 0 Å². The van der Waals surface area contributed by atoms with Crippen LogP contribution in [0.2, 0.25) is 11.4 Å². The van der Waals surface area contributed by atoms with Crippen LogP contribution in [0.15, 0.2) is 0 Å². The second kappa shape index (κ2) is 8.85. The van der Waals surface area contributed by atoms with Gasteiger partial charge in [-0.05, 0) is 0 Å². The molecule has 0 atom stereocenters. The molecular weight excluding hydrogens is 280 g/mol. The Kier molecular flexibility index (Phi) is 19.9. The number of hydrogen-bond donors (Lipinski definition) is 0. The molecule has 0 nitrogen and oxygen atoms in total. The molecule has 0 heterocycles. The van der Waals surface area contributed by atoms with Crippen molar-refractivity contribution in [2.75, 3.05) is 0 Å². The minimum absolute atomic E-state index is 0. The van der Waals surface area contributed by atoms with Gasteiger partial charge in [-0.2, -0.15) is 0 Å². The Balaban J connectivity index is 0. The van der Waals surface area contributed by atoms with Crippen molar-refractivity contribution in [3.63, 3.8) is 0 Å². The van der Waals surface area contributed by atoms with Crippen LogP contribution in [-0.4, -0.2) is 15.8 Å². The molecule has 4 heavy (non-hydrogen) atoms. The maximum Gasteiger partial charge on any atom is 0 e. The van der Waals surface area contributed by atoms with Crippen LogP contribution in [0, 0.1) is 0 Å². The standard InChI is InChI=1S/C2H6As.Ta/c1-3-2;/h1-2H3;. The zero-order chi connectivity index (χ0) is 2.71. The van der Waals surface area contributed by atoms with Crippen LogP contribution < -0.4 is 0 Å². The second-order valence-electron chi connectivity index (χ2n) is 0.447. The number of rotatable bonds is 0. The predicted octanol–water partition coefficient (Wildman–Crippen LogP) is 0.784. The first-order valence-electron chi connectivity index (χ1n) is 0.894. The first kappa shape index (κ1) is 9.00. The van der Waals surface area contributed by atoms with E-state index in [0.29, 0.717) is 15.8 Å². The van der Waals surface area contributed by atoms with E-state index in [2.05, 4.69) is 11.4 Å². The van der Waals surface area contributed by atoms with Crippen LogP contribution in [0.5, 0.6) is 0 Å². The predicted molar refractivity (Wildman–Crippen MR) is 17.5 cm³/mol. The zero-order valence-electron chi connectivity index (χ0n) is 2.89. The van der Waals surface area contributed by atoms with Gasteiger partial charge in [-0.25, -0.2) is 0 Å². The maximum atomic E-state index is 2.22. The summed E-state index contributed by atoms with van der Waals surface area (Å²) in [5.74, 6) is 0. The van der Waals surface area contributed by atoms with Gasteiger partial charge in [0, 0.05) is 22.4 Å². The first-order valence-corrected chi connectivity index (χ1v) is 4.65. The van der Waals surface area contributed by atoms with Crippen molar-refractivity contribution in [3.05, 3.63) is 0 Å². The molecule has 0 aromatic heterocycles. The summed E-state index contributed by atoms with van der Waals surface area (Å²) in [5, 5.41) is 0. The maximum absolute atomic E-state index is 2.22. The van der Waals surface area contributed by atoms with Gasteiger partial charge in [0.2, 0.25) is 0 Å². The Morgan fingerprint density at radius 3 is 1.25 bits per heavy atom. The van der Waals surface area contributed by atoms with Crippen molar-refractivity contribution >= 4 is 15.8 Å². The van der Waals surface area contributed by atoms with Gasteiger partial charge in [-0.15, -0.1) is 0 Å². The van der Waals surface area contributed by atoms with E-state index in [-0.39, 0.29) is 22.4 Å². The molecule has 0 saturated heterocycles. The van der Waals surface area contributed by atoms with Crippen molar-refractivity contribution < 1.29 is 22.4 Å². The molecule has 0 aromatic rings. The Labute approximate surface area is 49.5 Å². The molecule has 0 aliphatic rings. The largest absolute Gasteiger partial charge is 0 e. The molecule has 2 radical (unpaired) electrons. The van der Waals surface area contributed by atoms with Gasteiger partial charge in [0.1, 0.15) is 0 Å². The van der Waals surface area contributed by atoms with E-state index in [1.54, 1.807) is 0 Å². The summed E-state index contributed by atoms with van der Waals surface area (Å²) in [6, 6.07) is 0. The average molecular weight is 286 g/mol. The van der Waals surface area contributed by atoms with E-state index in [9.17, 15) is 0 Å². The molecule has 2 heteroatoms. The Hall–Kier alpha value is 1.30. The molecule has 0 rings (SSSR count). The van der Waals surface area contributed by atoms with E-state index in [1.807, 2.05) is 0 Å². The van der Waals surface area contributed by atoms with E-state index >= 15 is 0 Å². The molecule has 0 N–H and O–H groups in total. The van der Waals surface area contributed by atoms with Crippen molar-refractivity contribution in [1.82, 2.24) is 0 Å². The average Bonchev–Trinajstić information content (AvgIpc) is 0.918. The fraction of sp³-hybridized carbons (Fsp3) is 1.00. The zero-order valence-corrected chi connectivity index (χ0v) is 7.98. The van der Waals surface area contributed by atoms with Crippen molar-refractivity contribution in [1.29, 1.82) is 0 Å². The summed E-state index contributed by atoms with van der Waals surface area (Å²) >= 11 is 0.688. The molecule has 0 unspecified atom stereocenters. The topological polar surface area (TPSA) is 0 Å². The van der Waals surface area contributed by atoms with Gasteiger partial charge in [-0.3, -0.25) is 0 Å². The molecule has 0 aliphatic heterocycles. The summed E-state index contributed by atoms with van der Waals surface area (Å²) in [4.78, 5) is 0. The normalized spacial score (nSPS) is 4.50. The van der Waals surface area contributed by atoms with E-state index in [4.69, 9.17) is 0 Å². The molecular formula is C2H6AsTa. The van der Waals surface area contributed by atoms with Crippen LogP contribution >= 0.6 is 0 Å². The quantitative estimate of drug-likeness (QED) is 0.577. The second-order valence-corrected chi connectivity index (χ2v) is 2.32. The van der Waals surface area contributed by atoms with Crippen molar-refractivity contribution in [2.45, 2.75) is 11.4 Å². The monoisotopic (exact) mass is 286 g/mol. The van der Waals surface area contributed by atoms with Crippen molar-refractivity contribution in [2.24, 2.45) is 0 Å². The Bertz CT molecular complexity index is 6.00. The van der Waals surface area contributed by atoms with Crippen LogP contribution in [-0.2, 0) is 22.4 Å². The number of hydrogen-bond acceptors (Lipinski definition) is 0. The molecule has 0 bridgehead atoms. The molecule has 0 fully saturated rings. The van der Waals surface area contributed by atoms with E-state index in [1.165, 1.54) is 0 Å². The first-order chi connectivity index (χ1) is 1.41. The van der Waals surface area contributed by atoms with Gasteiger partial charge >= 0.3 is 27.2 Å². The molecule has 24 valence electrons. The summed E-state index contributed by atoms with van der Waals surface area (Å²) in [7, 11) is 0. The third kappa shape index (κ3) is 10.3. The summed E-state index contributed by atoms with van der Waals surface area (Å²) in [6.45, 7) is 0. The Morgan fingerprint density at radius 1 is 1.25 bits per heavy atom. The third-order valence-electron chi connectivity index (χ3n) is 0. The molecule has 0 amide bonds. The molecule has 0 saturated carbocycles. The molecule has 0 aliphatic carbocycles. The van der Waals surface area contributed by atoms with Gasteiger partial charge < -0.3 is 0 Å². The summed E-state index contributed by atoms with van der Waals surface area (Å²) < 4.78 is 0. The van der Waals surface area contributed by atoms with Gasteiger partial charge in [0.25, 0.3) is 0 Å². The minimum atomic E-state index is 0. The fourth-order valence-electron chi connectivity index (χ4n) is 0. The van der Waals surface area contributed by atoms with E-state index in [0.717, 1.165) is 0 Å². The summed E-state index contributed by atoms with van der Waals surface area (Å²) in [6.07, 6.45) is 0. The van der Waals surface area contributed by atoms with Crippen molar-refractivity contribution in [3.8, 4) is 0 Å². The third-order valence-corrected chi connectivity index (χ3v) is 0. The van der Waals surface area contributed by atoms with E-state index < -0.39 is 0 Å². The van der Waals surface area contributed by atoms with Gasteiger partial charge in [0.05, 0.1) is 0 Å². The van der Waals surface area contributed by atoms with Crippen LogP contribution in [0.25, 0.3) is 0 Å². The Morgan fingerprint density at radius 2 is 1.25 bits per heavy atom. The van der Waals surface area contributed by atoms with Crippen LogP contribution in [0.1, 0.15) is 0 Å². The van der Waals surface area contributed by atoms with Gasteiger partial charge in [0.15, 0.2) is 0 Å². The van der Waals surface area contributed by atoms with Gasteiger partial charge in [-0.1, -0.05) is 0 Å². The molecule has 0 spiro atoms. The smallest absolute Gasteiger partial charge is 0 e. The minimum Gasteiger partial charge on any atom is 0 e. The molecule has 0 aromatic carbocycles. The fourth-order valence-corrected chi connectivity index (χ4v) is 0. The van der Waals surface area contributed by atoms with Crippen LogP contribution in [0.4, 0.5) is 0 Å². The summed E-state index contributed by atoms with van der Waals surface area (Å²) in [5.41, 5.74) is 4.44. The SMILES string of the molecule is C[As]C.[Ta].